The number of carbonyl (C=O) groups is 2. The lowest BCUT2D eigenvalue weighted by Crippen LogP contribution is -2.41. The lowest BCUT2D eigenvalue weighted by molar-refractivity contribution is -0.118. The predicted molar refractivity (Wildman–Crippen MR) is 87.4 cm³/mol. The van der Waals surface area contributed by atoms with Gasteiger partial charge < -0.3 is 10.1 Å². The Morgan fingerprint density at radius 2 is 2.09 bits per heavy atom. The molecular weight excluding hydrogens is 319 g/mol. The molecule has 0 radical (unpaired) electrons. The quantitative estimate of drug-likeness (QED) is 0.603. The Labute approximate surface area is 139 Å². The highest BCUT2D eigenvalue weighted by atomic mass is 32.2. The summed E-state index contributed by atoms with van der Waals surface area (Å²) in [5, 5.41) is 2.83. The molecule has 1 N–H and O–H groups in total. The zero-order valence-corrected chi connectivity index (χ0v) is 14.0. The van der Waals surface area contributed by atoms with E-state index in [0.717, 1.165) is 44.6 Å². The van der Waals surface area contributed by atoms with Gasteiger partial charge in [0.05, 0.1) is 19.0 Å². The van der Waals surface area contributed by atoms with Crippen LogP contribution >= 0.6 is 11.8 Å². The number of hydrogen-bond acceptors (Lipinski definition) is 5. The normalized spacial score (nSPS) is 15.4. The van der Waals surface area contributed by atoms with Crippen LogP contribution in [0.1, 0.15) is 17.3 Å². The van der Waals surface area contributed by atoms with Gasteiger partial charge in [0.2, 0.25) is 5.91 Å². The van der Waals surface area contributed by atoms with Crippen LogP contribution in [0.2, 0.25) is 0 Å². The van der Waals surface area contributed by atoms with E-state index in [0.29, 0.717) is 17.0 Å². The van der Waals surface area contributed by atoms with Crippen molar-refractivity contribution in [1.29, 1.82) is 0 Å². The molecule has 0 bridgehead atoms. The van der Waals surface area contributed by atoms with Crippen LogP contribution in [0.25, 0.3) is 0 Å². The highest BCUT2D eigenvalue weighted by molar-refractivity contribution is 8.00. The molecule has 1 aromatic carbocycles. The molecule has 1 amide bonds. The molecule has 5 nitrogen and oxygen atoms in total. The fourth-order valence-corrected chi connectivity index (χ4v) is 2.96. The fourth-order valence-electron chi connectivity index (χ4n) is 2.21. The summed E-state index contributed by atoms with van der Waals surface area (Å²) in [4.78, 5) is 25.6. The Balaban J connectivity index is 1.70. The molecule has 1 aliphatic rings. The molecule has 2 rings (SSSR count). The number of nitrogens with zero attached hydrogens (tertiary/aromatic N) is 1. The van der Waals surface area contributed by atoms with Gasteiger partial charge in [-0.3, -0.25) is 14.5 Å². The average Bonchev–Trinajstić information content (AvgIpc) is 2.54. The van der Waals surface area contributed by atoms with Crippen LogP contribution in [0, 0.1) is 5.82 Å². The maximum atomic E-state index is 13.8. The maximum Gasteiger partial charge on any atom is 0.230 e. The van der Waals surface area contributed by atoms with E-state index in [-0.39, 0.29) is 17.4 Å². The first-order chi connectivity index (χ1) is 11.1. The summed E-state index contributed by atoms with van der Waals surface area (Å²) in [6, 6.07) is 4.32. The van der Waals surface area contributed by atoms with Crippen LogP contribution in [-0.4, -0.2) is 61.7 Å². The van der Waals surface area contributed by atoms with Gasteiger partial charge >= 0.3 is 0 Å². The van der Waals surface area contributed by atoms with Gasteiger partial charge in [0.25, 0.3) is 0 Å². The molecule has 23 heavy (non-hydrogen) atoms. The van der Waals surface area contributed by atoms with Gasteiger partial charge in [-0.1, -0.05) is 6.07 Å². The number of carbonyl (C=O) groups excluding carboxylic acids is 2. The largest absolute Gasteiger partial charge is 0.379 e. The lowest BCUT2D eigenvalue weighted by Gasteiger charge is -2.26. The number of benzene rings is 1. The predicted octanol–water partition coefficient (Wildman–Crippen LogP) is 1.57. The number of nitrogens with one attached hydrogen (secondary N) is 1. The second-order valence-electron chi connectivity index (χ2n) is 5.29. The molecule has 0 aliphatic carbocycles. The summed E-state index contributed by atoms with van der Waals surface area (Å²) >= 11 is 1.13. The van der Waals surface area contributed by atoms with Crippen molar-refractivity contribution in [2.75, 3.05) is 45.1 Å². The smallest absolute Gasteiger partial charge is 0.230 e. The van der Waals surface area contributed by atoms with Gasteiger partial charge in [-0.15, -0.1) is 11.8 Å². The zero-order chi connectivity index (χ0) is 16.7. The molecule has 0 aromatic heterocycles. The molecule has 1 aliphatic heterocycles. The summed E-state index contributed by atoms with van der Waals surface area (Å²) < 4.78 is 19.1. The number of thioether (sulfide) groups is 1. The minimum absolute atomic E-state index is 0.127. The highest BCUT2D eigenvalue weighted by Crippen LogP contribution is 2.22. The number of halogens is 1. The van der Waals surface area contributed by atoms with Gasteiger partial charge in [-0.25, -0.2) is 4.39 Å². The SMILES string of the molecule is CC(=O)c1ccc(SCC(=O)NCCN2CCOCC2)c(F)c1. The second-order valence-corrected chi connectivity index (χ2v) is 6.31. The lowest BCUT2D eigenvalue weighted by atomic mass is 10.1. The van der Waals surface area contributed by atoms with Crippen molar-refractivity contribution in [2.45, 2.75) is 11.8 Å². The second kappa shape index (κ2) is 9.00. The van der Waals surface area contributed by atoms with E-state index in [9.17, 15) is 14.0 Å². The van der Waals surface area contributed by atoms with Crippen molar-refractivity contribution >= 4 is 23.5 Å². The molecule has 1 aromatic rings. The Kier molecular flexibility index (Phi) is 7.01. The van der Waals surface area contributed by atoms with Crippen molar-refractivity contribution in [3.8, 4) is 0 Å². The number of hydrogen-bond donors (Lipinski definition) is 1. The molecule has 0 unspecified atom stereocenters. The summed E-state index contributed by atoms with van der Waals surface area (Å²) in [5.41, 5.74) is 0.335. The van der Waals surface area contributed by atoms with Crippen molar-refractivity contribution in [3.63, 3.8) is 0 Å². The molecule has 126 valence electrons. The molecule has 0 atom stereocenters. The summed E-state index contributed by atoms with van der Waals surface area (Å²) in [6.07, 6.45) is 0. The third-order valence-corrected chi connectivity index (χ3v) is 4.60. The van der Waals surface area contributed by atoms with E-state index in [2.05, 4.69) is 10.2 Å². The van der Waals surface area contributed by atoms with Crippen molar-refractivity contribution in [2.24, 2.45) is 0 Å². The first kappa shape index (κ1) is 17.9. The van der Waals surface area contributed by atoms with E-state index in [1.807, 2.05) is 0 Å². The van der Waals surface area contributed by atoms with E-state index in [4.69, 9.17) is 4.74 Å². The molecule has 7 heteroatoms. The van der Waals surface area contributed by atoms with Crippen LogP contribution < -0.4 is 5.32 Å². The Morgan fingerprint density at radius 1 is 1.35 bits per heavy atom. The average molecular weight is 340 g/mol. The van der Waals surface area contributed by atoms with E-state index in [1.54, 1.807) is 6.07 Å². The first-order valence-electron chi connectivity index (χ1n) is 7.56. The number of ketones is 1. The summed E-state index contributed by atoms with van der Waals surface area (Å²) in [6.45, 7) is 6.01. The third kappa shape index (κ3) is 5.93. The van der Waals surface area contributed by atoms with Crippen LogP contribution in [0.3, 0.4) is 0 Å². The summed E-state index contributed by atoms with van der Waals surface area (Å²) in [7, 11) is 0. The number of rotatable bonds is 7. The van der Waals surface area contributed by atoms with E-state index in [1.165, 1.54) is 19.1 Å². The van der Waals surface area contributed by atoms with Crippen LogP contribution in [0.5, 0.6) is 0 Å². The van der Waals surface area contributed by atoms with Gasteiger partial charge in [0.1, 0.15) is 5.82 Å². The topological polar surface area (TPSA) is 58.6 Å². The van der Waals surface area contributed by atoms with Crippen LogP contribution in [-0.2, 0) is 9.53 Å². The van der Waals surface area contributed by atoms with Crippen molar-refractivity contribution < 1.29 is 18.7 Å². The van der Waals surface area contributed by atoms with Gasteiger partial charge in [0.15, 0.2) is 5.78 Å². The molecule has 1 heterocycles. The maximum absolute atomic E-state index is 13.8. The van der Waals surface area contributed by atoms with Gasteiger partial charge in [-0.05, 0) is 19.1 Å². The zero-order valence-electron chi connectivity index (χ0n) is 13.1. The highest BCUT2D eigenvalue weighted by Gasteiger charge is 2.11. The van der Waals surface area contributed by atoms with Crippen LogP contribution in [0.15, 0.2) is 23.1 Å². The first-order valence-corrected chi connectivity index (χ1v) is 8.55. The number of ether oxygens (including phenoxy) is 1. The number of Topliss-reactive ketones (excluding diaryl/α,β-unsaturated/α-hetero) is 1. The fraction of sp³-hybridized carbons (Fsp3) is 0.500. The Hall–Kier alpha value is -1.44. The van der Waals surface area contributed by atoms with Crippen molar-refractivity contribution in [3.05, 3.63) is 29.6 Å². The summed E-state index contributed by atoms with van der Waals surface area (Å²) in [5.74, 6) is -0.622. The standard InChI is InChI=1S/C16H21FN2O3S/c1-12(20)13-2-3-15(14(17)10-13)23-11-16(21)18-4-5-19-6-8-22-9-7-19/h2-3,10H,4-9,11H2,1H3,(H,18,21). The third-order valence-electron chi connectivity index (χ3n) is 3.55. The van der Waals surface area contributed by atoms with E-state index < -0.39 is 5.82 Å². The monoisotopic (exact) mass is 340 g/mol. The number of amides is 1. The van der Waals surface area contributed by atoms with Gasteiger partial charge in [0, 0.05) is 36.6 Å². The van der Waals surface area contributed by atoms with E-state index >= 15 is 0 Å². The molecule has 1 fully saturated rings. The molecular formula is C16H21FN2O3S. The minimum Gasteiger partial charge on any atom is -0.379 e. The number of morpholine rings is 1. The van der Waals surface area contributed by atoms with Gasteiger partial charge in [-0.2, -0.15) is 0 Å². The van der Waals surface area contributed by atoms with Crippen LogP contribution in [0.4, 0.5) is 4.39 Å². The minimum atomic E-state index is -0.469. The van der Waals surface area contributed by atoms with Crippen molar-refractivity contribution in [1.82, 2.24) is 10.2 Å². The molecule has 0 spiro atoms. The molecule has 0 saturated carbocycles. The Morgan fingerprint density at radius 3 is 2.74 bits per heavy atom. The molecule has 1 saturated heterocycles. The Bertz CT molecular complexity index is 562.